The molecule has 0 amide bonds. The van der Waals surface area contributed by atoms with Gasteiger partial charge in [0.1, 0.15) is 8.94 Å². The minimum Gasteiger partial charge on any atom is -0.469 e. The highest BCUT2D eigenvalue weighted by Gasteiger charge is 2.50. The van der Waals surface area contributed by atoms with Crippen molar-refractivity contribution in [3.8, 4) is 0 Å². The molecule has 0 saturated heterocycles. The second-order valence-corrected chi connectivity index (χ2v) is 17.1. The lowest BCUT2D eigenvalue weighted by molar-refractivity contribution is -0.144. The summed E-state index contributed by atoms with van der Waals surface area (Å²) in [6.07, 6.45) is 0.382. The fraction of sp³-hybridized carbons (Fsp3) is 0.296. The largest absolute Gasteiger partial charge is 0.469 e. The highest BCUT2D eigenvalue weighted by molar-refractivity contribution is 8.16. The maximum Gasteiger partial charge on any atom is 0.310 e. The average Bonchev–Trinajstić information content (AvgIpc) is 2.82. The van der Waals surface area contributed by atoms with Crippen molar-refractivity contribution in [2.45, 2.75) is 32.2 Å². The molecule has 2 unspecified atom stereocenters. The minimum atomic E-state index is -3.28. The zero-order valence-corrected chi connectivity index (χ0v) is 22.7. The smallest absolute Gasteiger partial charge is 0.310 e. The molecule has 0 aliphatic heterocycles. The summed E-state index contributed by atoms with van der Waals surface area (Å²) in [4.78, 5) is 12.7. The Balaban J connectivity index is 2.17. The molecule has 0 heterocycles. The van der Waals surface area contributed by atoms with Gasteiger partial charge in [0.15, 0.2) is 0 Å². The first-order valence-electron chi connectivity index (χ1n) is 11.3. The normalized spacial score (nSPS) is 14.6. The maximum atomic E-state index is 14.0. The van der Waals surface area contributed by atoms with E-state index in [9.17, 15) is 9.00 Å². The number of halogens is 1. The van der Waals surface area contributed by atoms with E-state index < -0.39 is 29.1 Å². The molecule has 0 radical (unpaired) electrons. The summed E-state index contributed by atoms with van der Waals surface area (Å²) in [5.41, 5.74) is 0.954. The van der Waals surface area contributed by atoms with E-state index in [1.807, 2.05) is 91.0 Å². The van der Waals surface area contributed by atoms with Crippen molar-refractivity contribution in [2.75, 3.05) is 12.9 Å². The van der Waals surface area contributed by atoms with Crippen LogP contribution >= 0.6 is 10.7 Å². The summed E-state index contributed by atoms with van der Waals surface area (Å²) in [6, 6.07) is 29.6. The number of nitrogens with zero attached hydrogens (tertiary/aromatic N) is 1. The molecule has 0 aromatic heterocycles. The predicted octanol–water partition coefficient (Wildman–Crippen LogP) is 5.20. The zero-order valence-electron chi connectivity index (χ0n) is 20.1. The Morgan fingerprint density at radius 2 is 1.35 bits per heavy atom. The first-order valence-corrected chi connectivity index (χ1v) is 15.7. The molecule has 3 rings (SSSR count). The van der Waals surface area contributed by atoms with E-state index in [1.165, 1.54) is 7.11 Å². The third-order valence-corrected chi connectivity index (χ3v) is 14.5. The number of hydrogen-bond acceptors (Lipinski definition) is 4. The number of hydrogen-bond donors (Lipinski definition) is 0. The zero-order chi connectivity index (χ0) is 24.8. The van der Waals surface area contributed by atoms with Crippen LogP contribution in [0.15, 0.2) is 95.0 Å². The van der Waals surface area contributed by atoms with Gasteiger partial charge in [-0.2, -0.15) is 0 Å². The summed E-state index contributed by atoms with van der Waals surface area (Å²) in [5.74, 6) is -1.19. The van der Waals surface area contributed by atoms with Crippen LogP contribution in [0.4, 0.5) is 0 Å². The van der Waals surface area contributed by atoms with Gasteiger partial charge in [0.05, 0.1) is 18.8 Å². The van der Waals surface area contributed by atoms with Crippen LogP contribution in [0.2, 0.25) is 5.04 Å². The van der Waals surface area contributed by atoms with Crippen molar-refractivity contribution in [3.05, 3.63) is 96.6 Å². The molecule has 3 aromatic carbocycles. The van der Waals surface area contributed by atoms with Crippen LogP contribution in [0.25, 0.3) is 0 Å². The molecule has 4 nitrogen and oxygen atoms in total. The SMILES string of the molecule is COC(=O)C(Cc1ccccc1)CS(=O)(Cl)=N[Si](c1ccccc1)(c1ccccc1)C(C)(C)C. The average molecular weight is 514 g/mol. The Morgan fingerprint density at radius 3 is 1.76 bits per heavy atom. The number of rotatable bonds is 8. The molecular weight excluding hydrogens is 482 g/mol. The molecule has 3 aromatic rings. The van der Waals surface area contributed by atoms with Crippen LogP contribution in [0.5, 0.6) is 0 Å². The van der Waals surface area contributed by atoms with Gasteiger partial charge in [-0.25, -0.2) is 4.21 Å². The summed E-state index contributed by atoms with van der Waals surface area (Å²) in [7, 11) is 1.81. The number of carbonyl (C=O) groups excluding carboxylic acids is 1. The molecular formula is C27H32ClNO3SSi. The summed E-state index contributed by atoms with van der Waals surface area (Å²) >= 11 is 0. The van der Waals surface area contributed by atoms with E-state index >= 15 is 0 Å². The Kier molecular flexibility index (Phi) is 8.39. The molecule has 0 saturated carbocycles. The van der Waals surface area contributed by atoms with Crippen LogP contribution in [-0.2, 0) is 24.9 Å². The van der Waals surface area contributed by atoms with Crippen molar-refractivity contribution >= 4 is 44.2 Å². The molecule has 7 heteroatoms. The lowest BCUT2D eigenvalue weighted by atomic mass is 10.0. The fourth-order valence-electron chi connectivity index (χ4n) is 4.40. The molecule has 180 valence electrons. The summed E-state index contributed by atoms with van der Waals surface area (Å²) in [6.45, 7) is 6.37. The van der Waals surface area contributed by atoms with Gasteiger partial charge in [-0.15, -0.1) is 0 Å². The van der Waals surface area contributed by atoms with Crippen molar-refractivity contribution < 1.29 is 13.7 Å². The van der Waals surface area contributed by atoms with Crippen molar-refractivity contribution in [3.63, 3.8) is 0 Å². The lowest BCUT2D eigenvalue weighted by Crippen LogP contribution is -2.63. The van der Waals surface area contributed by atoms with Gasteiger partial charge in [0.2, 0.25) is 0 Å². The van der Waals surface area contributed by atoms with Gasteiger partial charge in [-0.05, 0) is 38.1 Å². The Labute approximate surface area is 209 Å². The quantitative estimate of drug-likeness (QED) is 0.236. The van der Waals surface area contributed by atoms with E-state index in [0.29, 0.717) is 6.42 Å². The molecule has 0 N–H and O–H groups in total. The van der Waals surface area contributed by atoms with Gasteiger partial charge in [0.25, 0.3) is 8.24 Å². The van der Waals surface area contributed by atoms with E-state index in [1.54, 1.807) is 0 Å². The van der Waals surface area contributed by atoms with E-state index in [-0.39, 0.29) is 10.8 Å². The van der Waals surface area contributed by atoms with E-state index in [0.717, 1.165) is 15.9 Å². The topological polar surface area (TPSA) is 55.7 Å². The summed E-state index contributed by atoms with van der Waals surface area (Å²) in [5, 5.41) is 1.72. The van der Waals surface area contributed by atoms with Crippen LogP contribution in [0.1, 0.15) is 26.3 Å². The Morgan fingerprint density at radius 1 is 0.912 bits per heavy atom. The minimum absolute atomic E-state index is 0.0827. The third kappa shape index (κ3) is 5.98. The molecule has 34 heavy (non-hydrogen) atoms. The number of carbonyl (C=O) groups is 1. The number of benzene rings is 3. The van der Waals surface area contributed by atoms with Crippen LogP contribution < -0.4 is 10.4 Å². The molecule has 0 aliphatic rings. The van der Waals surface area contributed by atoms with Gasteiger partial charge >= 0.3 is 5.97 Å². The first kappa shape index (κ1) is 26.2. The van der Waals surface area contributed by atoms with Gasteiger partial charge in [-0.3, -0.25) is 8.82 Å². The standard InChI is InChI=1S/C27H32ClNO3SSi/c1-27(2,3)34(24-16-10-6-11-17-24,25-18-12-7-13-19-25)29-33(28,31)21-23(26(30)32-4)20-22-14-8-5-9-15-22/h5-19,23H,20-21H2,1-4H3. The van der Waals surface area contributed by atoms with Gasteiger partial charge in [0, 0.05) is 0 Å². The second-order valence-electron chi connectivity index (χ2n) is 9.42. The lowest BCUT2D eigenvalue weighted by Gasteiger charge is -2.40. The maximum absolute atomic E-state index is 14.0. The molecule has 0 spiro atoms. The number of esters is 1. The highest BCUT2D eigenvalue weighted by Crippen LogP contribution is 2.38. The molecule has 0 aliphatic carbocycles. The monoisotopic (exact) mass is 513 g/mol. The van der Waals surface area contributed by atoms with Crippen molar-refractivity contribution in [1.29, 1.82) is 0 Å². The first-order chi connectivity index (χ1) is 16.1. The van der Waals surface area contributed by atoms with Crippen molar-refractivity contribution in [1.82, 2.24) is 0 Å². The van der Waals surface area contributed by atoms with Crippen molar-refractivity contribution in [2.24, 2.45) is 9.95 Å². The number of ether oxygens (including phenoxy) is 1. The van der Waals surface area contributed by atoms with Gasteiger partial charge in [-0.1, -0.05) is 112 Å². The second kappa shape index (κ2) is 10.9. The van der Waals surface area contributed by atoms with E-state index in [4.69, 9.17) is 19.4 Å². The Hall–Kier alpha value is -2.41. The predicted molar refractivity (Wildman–Crippen MR) is 145 cm³/mol. The summed E-state index contributed by atoms with van der Waals surface area (Å²) < 4.78 is 24.2. The van der Waals surface area contributed by atoms with Crippen LogP contribution in [0, 0.1) is 5.92 Å². The Bertz CT molecular complexity index is 1170. The van der Waals surface area contributed by atoms with E-state index in [2.05, 4.69) is 20.8 Å². The van der Waals surface area contributed by atoms with Crippen LogP contribution in [-0.4, -0.2) is 31.3 Å². The molecule has 0 bridgehead atoms. The number of methoxy groups -OCH3 is 1. The third-order valence-electron chi connectivity index (χ3n) is 6.01. The molecule has 2 atom stereocenters. The molecule has 0 fully saturated rings. The van der Waals surface area contributed by atoms with Crippen LogP contribution in [0.3, 0.4) is 0 Å². The van der Waals surface area contributed by atoms with Gasteiger partial charge < -0.3 is 4.74 Å². The highest BCUT2D eigenvalue weighted by atomic mass is 35.7. The fourth-order valence-corrected chi connectivity index (χ4v) is 13.8.